The van der Waals surface area contributed by atoms with Crippen LogP contribution >= 0.6 is 11.6 Å². The van der Waals surface area contributed by atoms with Crippen molar-refractivity contribution in [2.75, 3.05) is 18.0 Å². The Morgan fingerprint density at radius 1 is 1.16 bits per heavy atom. The van der Waals surface area contributed by atoms with Gasteiger partial charge in [0.2, 0.25) is 5.82 Å². The molecule has 104 valence electrons. The van der Waals surface area contributed by atoms with Crippen molar-refractivity contribution in [2.24, 2.45) is 11.8 Å². The number of hydrogen-bond donors (Lipinski definition) is 0. The summed E-state index contributed by atoms with van der Waals surface area (Å²) in [5.74, 6) is 0.305. The van der Waals surface area contributed by atoms with Crippen LogP contribution in [0.2, 0.25) is 5.15 Å². The van der Waals surface area contributed by atoms with Gasteiger partial charge in [-0.25, -0.2) is 9.97 Å². The van der Waals surface area contributed by atoms with E-state index >= 15 is 0 Å². The zero-order valence-electron chi connectivity index (χ0n) is 10.1. The molecular weight excluding hydrogens is 279 g/mol. The number of nitrogens with zero attached hydrogens (tertiary/aromatic N) is 3. The highest BCUT2D eigenvalue weighted by Crippen LogP contribution is 2.39. The third-order valence-corrected chi connectivity index (χ3v) is 4.18. The largest absolute Gasteiger partial charge is 0.451 e. The Hall–Kier alpha value is -1.04. The molecule has 1 aliphatic carbocycles. The zero-order chi connectivity index (χ0) is 13.6. The lowest BCUT2D eigenvalue weighted by Crippen LogP contribution is -2.24. The van der Waals surface area contributed by atoms with Gasteiger partial charge in [0.1, 0.15) is 11.0 Å². The molecule has 1 aromatic heterocycles. The van der Waals surface area contributed by atoms with E-state index in [1.807, 2.05) is 4.90 Å². The number of anilines is 1. The smallest absolute Gasteiger partial charge is 0.356 e. The zero-order valence-corrected chi connectivity index (χ0v) is 10.9. The van der Waals surface area contributed by atoms with Gasteiger partial charge in [-0.3, -0.25) is 0 Å². The molecule has 0 spiro atoms. The van der Waals surface area contributed by atoms with Crippen molar-refractivity contribution in [3.05, 3.63) is 17.0 Å². The van der Waals surface area contributed by atoms with Crippen molar-refractivity contribution < 1.29 is 13.2 Å². The van der Waals surface area contributed by atoms with Crippen molar-refractivity contribution in [1.29, 1.82) is 0 Å². The Morgan fingerprint density at radius 2 is 1.79 bits per heavy atom. The number of fused-ring (bicyclic) bond motifs is 1. The topological polar surface area (TPSA) is 29.0 Å². The van der Waals surface area contributed by atoms with E-state index in [1.165, 1.54) is 12.5 Å². The molecule has 19 heavy (non-hydrogen) atoms. The van der Waals surface area contributed by atoms with Crippen molar-refractivity contribution in [2.45, 2.75) is 25.4 Å². The molecule has 7 heteroatoms. The standard InChI is InChI=1S/C12H13ClF3N3/c13-9-4-10(18-11(17-9)12(14,15)16)19-5-7-2-1-3-8(7)6-19/h4,7-8H,1-3,5-6H2. The molecule has 0 amide bonds. The first kappa shape index (κ1) is 13.0. The number of alkyl halides is 3. The highest BCUT2D eigenvalue weighted by molar-refractivity contribution is 6.29. The maximum absolute atomic E-state index is 12.7. The molecule has 2 fully saturated rings. The van der Waals surface area contributed by atoms with E-state index in [4.69, 9.17) is 11.6 Å². The van der Waals surface area contributed by atoms with Crippen molar-refractivity contribution in [3.8, 4) is 0 Å². The van der Waals surface area contributed by atoms with E-state index in [2.05, 4.69) is 9.97 Å². The fourth-order valence-electron chi connectivity index (χ4n) is 3.12. The van der Waals surface area contributed by atoms with Gasteiger partial charge in [-0.15, -0.1) is 0 Å². The Bertz CT molecular complexity index is 480. The monoisotopic (exact) mass is 291 g/mol. The maximum atomic E-state index is 12.7. The predicted molar refractivity (Wildman–Crippen MR) is 65.1 cm³/mol. The van der Waals surface area contributed by atoms with Gasteiger partial charge in [-0.05, 0) is 24.7 Å². The quantitative estimate of drug-likeness (QED) is 0.743. The first-order chi connectivity index (χ1) is 8.93. The van der Waals surface area contributed by atoms with E-state index < -0.39 is 12.0 Å². The van der Waals surface area contributed by atoms with Crippen LogP contribution in [0.25, 0.3) is 0 Å². The Labute approximate surface area is 113 Å². The second-order valence-electron chi connectivity index (χ2n) is 5.23. The molecule has 0 radical (unpaired) electrons. The highest BCUT2D eigenvalue weighted by Gasteiger charge is 2.39. The number of hydrogen-bond acceptors (Lipinski definition) is 3. The lowest BCUT2D eigenvalue weighted by atomic mass is 10.0. The van der Waals surface area contributed by atoms with Crippen molar-refractivity contribution >= 4 is 17.4 Å². The summed E-state index contributed by atoms with van der Waals surface area (Å²) >= 11 is 5.68. The molecule has 2 atom stereocenters. The third-order valence-electron chi connectivity index (χ3n) is 3.99. The fraction of sp³-hybridized carbons (Fsp3) is 0.667. The Morgan fingerprint density at radius 3 is 2.37 bits per heavy atom. The second-order valence-corrected chi connectivity index (χ2v) is 5.61. The van der Waals surface area contributed by atoms with Crippen LogP contribution in [0.15, 0.2) is 6.07 Å². The van der Waals surface area contributed by atoms with Gasteiger partial charge >= 0.3 is 6.18 Å². The maximum Gasteiger partial charge on any atom is 0.451 e. The summed E-state index contributed by atoms with van der Waals surface area (Å²) in [5, 5.41) is -0.158. The van der Waals surface area contributed by atoms with Gasteiger partial charge in [-0.2, -0.15) is 13.2 Å². The van der Waals surface area contributed by atoms with E-state index in [-0.39, 0.29) is 5.15 Å². The number of aromatic nitrogens is 2. The van der Waals surface area contributed by atoms with Crippen molar-refractivity contribution in [3.63, 3.8) is 0 Å². The average molecular weight is 292 g/mol. The molecule has 1 saturated heterocycles. The molecule has 1 saturated carbocycles. The van der Waals surface area contributed by atoms with Gasteiger partial charge in [0.25, 0.3) is 0 Å². The van der Waals surface area contributed by atoms with Crippen LogP contribution in [-0.4, -0.2) is 23.1 Å². The van der Waals surface area contributed by atoms with Gasteiger partial charge in [-0.1, -0.05) is 18.0 Å². The highest BCUT2D eigenvalue weighted by atomic mass is 35.5. The van der Waals surface area contributed by atoms with Crippen LogP contribution in [0.4, 0.5) is 19.0 Å². The van der Waals surface area contributed by atoms with E-state index in [0.29, 0.717) is 17.7 Å². The molecule has 0 aromatic carbocycles. The molecule has 2 unspecified atom stereocenters. The van der Waals surface area contributed by atoms with Crippen LogP contribution in [0, 0.1) is 11.8 Å². The van der Waals surface area contributed by atoms with Crippen LogP contribution in [-0.2, 0) is 6.18 Å². The summed E-state index contributed by atoms with van der Waals surface area (Å²) in [6.07, 6.45) is -1.02. The van der Waals surface area contributed by atoms with Crippen LogP contribution < -0.4 is 4.90 Å². The van der Waals surface area contributed by atoms with Gasteiger partial charge in [0.05, 0.1) is 0 Å². The molecule has 3 nitrogen and oxygen atoms in total. The minimum atomic E-state index is -4.56. The van der Waals surface area contributed by atoms with Crippen LogP contribution in [0.5, 0.6) is 0 Å². The average Bonchev–Trinajstić information content (AvgIpc) is 2.86. The summed E-state index contributed by atoms with van der Waals surface area (Å²) in [6, 6.07) is 1.41. The lowest BCUT2D eigenvalue weighted by Gasteiger charge is -2.19. The van der Waals surface area contributed by atoms with Gasteiger partial charge in [0, 0.05) is 19.2 Å². The fourth-order valence-corrected chi connectivity index (χ4v) is 3.29. The molecule has 2 aliphatic rings. The first-order valence-electron chi connectivity index (χ1n) is 6.30. The molecule has 1 aromatic rings. The Kier molecular flexibility index (Phi) is 3.08. The molecule has 1 aliphatic heterocycles. The molecule has 0 N–H and O–H groups in total. The lowest BCUT2D eigenvalue weighted by molar-refractivity contribution is -0.144. The van der Waals surface area contributed by atoms with E-state index in [0.717, 1.165) is 25.9 Å². The normalized spacial score (nSPS) is 26.8. The van der Waals surface area contributed by atoms with Crippen LogP contribution in [0.1, 0.15) is 25.1 Å². The van der Waals surface area contributed by atoms with Crippen molar-refractivity contribution in [1.82, 2.24) is 9.97 Å². The number of rotatable bonds is 1. The van der Waals surface area contributed by atoms with E-state index in [1.54, 1.807) is 0 Å². The van der Waals surface area contributed by atoms with Gasteiger partial charge < -0.3 is 4.90 Å². The second kappa shape index (κ2) is 4.51. The summed E-state index contributed by atoms with van der Waals surface area (Å²) in [7, 11) is 0. The summed E-state index contributed by atoms with van der Waals surface area (Å²) in [4.78, 5) is 8.77. The predicted octanol–water partition coefficient (Wildman–Crippen LogP) is 3.39. The number of halogens is 4. The van der Waals surface area contributed by atoms with Crippen LogP contribution in [0.3, 0.4) is 0 Å². The van der Waals surface area contributed by atoms with E-state index in [9.17, 15) is 13.2 Å². The molecule has 3 rings (SSSR count). The summed E-state index contributed by atoms with van der Waals surface area (Å²) in [5.41, 5.74) is 0. The first-order valence-corrected chi connectivity index (χ1v) is 6.68. The minimum absolute atomic E-state index is 0.158. The molecule has 0 bridgehead atoms. The molecular formula is C12H13ClF3N3. The summed E-state index contributed by atoms with van der Waals surface area (Å²) in [6.45, 7) is 1.55. The van der Waals surface area contributed by atoms with Gasteiger partial charge in [0.15, 0.2) is 0 Å². The SMILES string of the molecule is FC(F)(F)c1nc(Cl)cc(N2CC3CCCC3C2)n1. The third kappa shape index (κ3) is 2.50. The summed E-state index contributed by atoms with van der Waals surface area (Å²) < 4.78 is 38.0. The Balaban J connectivity index is 1.87. The molecule has 2 heterocycles. The minimum Gasteiger partial charge on any atom is -0.356 e.